The topological polar surface area (TPSA) is 73.6 Å². The summed E-state index contributed by atoms with van der Waals surface area (Å²) in [5.41, 5.74) is -1.28. The van der Waals surface area contributed by atoms with Crippen LogP contribution in [0.1, 0.15) is 33.1 Å². The Kier molecular flexibility index (Phi) is 3.35. The minimum Gasteiger partial charge on any atom is -0.394 e. The van der Waals surface area contributed by atoms with Gasteiger partial charge in [-0.2, -0.15) is 5.26 Å². The van der Waals surface area contributed by atoms with Crippen LogP contribution in [0.2, 0.25) is 0 Å². The Hall–Kier alpha value is -1.12. The number of carbonyl (C=O) groups is 1. The van der Waals surface area contributed by atoms with Crippen LogP contribution in [0, 0.1) is 16.7 Å². The highest BCUT2D eigenvalue weighted by atomic mass is 16.5. The van der Waals surface area contributed by atoms with Crippen molar-refractivity contribution in [2.24, 2.45) is 5.41 Å². The van der Waals surface area contributed by atoms with Crippen molar-refractivity contribution < 1.29 is 14.6 Å². The van der Waals surface area contributed by atoms with E-state index in [-0.39, 0.29) is 18.6 Å². The summed E-state index contributed by atoms with van der Waals surface area (Å²) in [6.45, 7) is 4.55. The van der Waals surface area contributed by atoms with Gasteiger partial charge in [-0.3, -0.25) is 4.79 Å². The van der Waals surface area contributed by atoms with Crippen molar-refractivity contribution in [1.29, 1.82) is 5.26 Å². The Balaban J connectivity index is 2.13. The zero-order valence-electron chi connectivity index (χ0n) is 11.0. The molecule has 18 heavy (non-hydrogen) atoms. The fourth-order valence-corrected chi connectivity index (χ4v) is 2.75. The molecule has 0 radical (unpaired) electrons. The molecular formula is C13H20N2O3. The molecule has 2 fully saturated rings. The smallest absolute Gasteiger partial charge is 0.243 e. The number of hydrogen-bond donors (Lipinski definition) is 1. The Morgan fingerprint density at radius 3 is 2.67 bits per heavy atom. The molecule has 1 atom stereocenters. The second-order valence-electron chi connectivity index (χ2n) is 5.92. The van der Waals surface area contributed by atoms with E-state index in [1.165, 1.54) is 0 Å². The van der Waals surface area contributed by atoms with E-state index < -0.39 is 11.0 Å². The van der Waals surface area contributed by atoms with E-state index in [4.69, 9.17) is 4.74 Å². The lowest BCUT2D eigenvalue weighted by Gasteiger charge is -2.46. The Morgan fingerprint density at radius 2 is 2.22 bits per heavy atom. The fourth-order valence-electron chi connectivity index (χ4n) is 2.75. The second-order valence-corrected chi connectivity index (χ2v) is 5.92. The molecule has 5 nitrogen and oxygen atoms in total. The summed E-state index contributed by atoms with van der Waals surface area (Å²) >= 11 is 0. The van der Waals surface area contributed by atoms with Gasteiger partial charge < -0.3 is 14.7 Å². The molecule has 5 heteroatoms. The molecule has 0 spiro atoms. The van der Waals surface area contributed by atoms with Gasteiger partial charge >= 0.3 is 0 Å². The standard InChI is InChI=1S/C13H20N2O3/c1-12(2)9-15(6-10(7-16)18-12)11(17)13(8-14)4-3-5-13/h10,16H,3-7,9H2,1-2H3. The maximum Gasteiger partial charge on any atom is 0.243 e. The van der Waals surface area contributed by atoms with Crippen LogP contribution >= 0.6 is 0 Å². The lowest BCUT2D eigenvalue weighted by atomic mass is 9.69. The highest BCUT2D eigenvalue weighted by molar-refractivity contribution is 5.86. The van der Waals surface area contributed by atoms with E-state index in [9.17, 15) is 15.2 Å². The Labute approximate surface area is 107 Å². The molecule has 1 aliphatic heterocycles. The Bertz CT molecular complexity index is 382. The highest BCUT2D eigenvalue weighted by Gasteiger charge is 2.49. The minimum atomic E-state index is -0.812. The summed E-state index contributed by atoms with van der Waals surface area (Å²) in [5, 5.41) is 18.4. The Morgan fingerprint density at radius 1 is 1.56 bits per heavy atom. The molecule has 1 saturated heterocycles. The molecule has 1 N–H and O–H groups in total. The van der Waals surface area contributed by atoms with Gasteiger partial charge in [-0.1, -0.05) is 0 Å². The summed E-state index contributed by atoms with van der Waals surface area (Å²) in [4.78, 5) is 14.1. The predicted octanol–water partition coefficient (Wildman–Crippen LogP) is 0.679. The third-order valence-electron chi connectivity index (χ3n) is 3.80. The summed E-state index contributed by atoms with van der Waals surface area (Å²) < 4.78 is 5.67. The number of ether oxygens (including phenoxy) is 1. The molecule has 0 aromatic heterocycles. The van der Waals surface area contributed by atoms with E-state index in [0.717, 1.165) is 6.42 Å². The number of hydrogen-bond acceptors (Lipinski definition) is 4. The first-order valence-corrected chi connectivity index (χ1v) is 6.42. The van der Waals surface area contributed by atoms with Crippen LogP contribution in [0.25, 0.3) is 0 Å². The first-order valence-electron chi connectivity index (χ1n) is 6.42. The number of morpholine rings is 1. The summed E-state index contributed by atoms with van der Waals surface area (Å²) in [5.74, 6) is -0.0916. The van der Waals surface area contributed by atoms with Crippen molar-refractivity contribution in [3.05, 3.63) is 0 Å². The maximum atomic E-state index is 12.4. The third-order valence-corrected chi connectivity index (χ3v) is 3.80. The molecule has 1 saturated carbocycles. The third kappa shape index (κ3) is 2.23. The van der Waals surface area contributed by atoms with Gasteiger partial charge in [0.15, 0.2) is 0 Å². The molecular weight excluding hydrogens is 232 g/mol. The van der Waals surface area contributed by atoms with Gasteiger partial charge in [0, 0.05) is 13.1 Å². The van der Waals surface area contributed by atoms with E-state index in [0.29, 0.717) is 25.9 Å². The lowest BCUT2D eigenvalue weighted by molar-refractivity contribution is -0.174. The van der Waals surface area contributed by atoms with Gasteiger partial charge in [-0.15, -0.1) is 0 Å². The maximum absolute atomic E-state index is 12.4. The number of carbonyl (C=O) groups excluding carboxylic acids is 1. The average Bonchev–Trinajstić information content (AvgIpc) is 2.26. The molecule has 1 unspecified atom stereocenters. The van der Waals surface area contributed by atoms with Crippen molar-refractivity contribution in [3.8, 4) is 6.07 Å². The van der Waals surface area contributed by atoms with Gasteiger partial charge in [-0.25, -0.2) is 0 Å². The molecule has 0 aromatic rings. The number of amides is 1. The summed E-state index contributed by atoms with van der Waals surface area (Å²) in [6, 6.07) is 2.18. The normalized spacial score (nSPS) is 29.2. The van der Waals surface area contributed by atoms with Crippen LogP contribution in [-0.4, -0.2) is 47.3 Å². The van der Waals surface area contributed by atoms with Crippen LogP contribution in [0.3, 0.4) is 0 Å². The first-order chi connectivity index (χ1) is 8.42. The molecule has 1 aliphatic carbocycles. The predicted molar refractivity (Wildman–Crippen MR) is 64.5 cm³/mol. The van der Waals surface area contributed by atoms with E-state index >= 15 is 0 Å². The van der Waals surface area contributed by atoms with E-state index in [1.807, 2.05) is 13.8 Å². The van der Waals surface area contributed by atoms with Crippen LogP contribution in [0.4, 0.5) is 0 Å². The molecule has 0 bridgehead atoms. The number of aliphatic hydroxyl groups excluding tert-OH is 1. The lowest BCUT2D eigenvalue weighted by Crippen LogP contribution is -2.59. The zero-order chi connectivity index (χ0) is 13.4. The van der Waals surface area contributed by atoms with Gasteiger partial charge in [0.2, 0.25) is 5.91 Å². The number of nitriles is 1. The van der Waals surface area contributed by atoms with Gasteiger partial charge in [0.25, 0.3) is 0 Å². The first kappa shape index (κ1) is 13.3. The molecule has 1 amide bonds. The average molecular weight is 252 g/mol. The molecule has 0 aromatic carbocycles. The summed E-state index contributed by atoms with van der Waals surface area (Å²) in [7, 11) is 0. The zero-order valence-corrected chi connectivity index (χ0v) is 11.0. The van der Waals surface area contributed by atoms with Crippen molar-refractivity contribution in [2.75, 3.05) is 19.7 Å². The van der Waals surface area contributed by atoms with Crippen molar-refractivity contribution in [1.82, 2.24) is 4.90 Å². The molecule has 1 heterocycles. The number of aliphatic hydroxyl groups is 1. The number of nitrogens with zero attached hydrogens (tertiary/aromatic N) is 2. The molecule has 2 aliphatic rings. The second kappa shape index (κ2) is 4.52. The van der Waals surface area contributed by atoms with Crippen molar-refractivity contribution in [3.63, 3.8) is 0 Å². The minimum absolute atomic E-state index is 0.0916. The summed E-state index contributed by atoms with van der Waals surface area (Å²) in [6.07, 6.45) is 1.90. The van der Waals surface area contributed by atoms with Crippen molar-refractivity contribution >= 4 is 5.91 Å². The fraction of sp³-hybridized carbons (Fsp3) is 0.846. The largest absolute Gasteiger partial charge is 0.394 e. The SMILES string of the molecule is CC1(C)CN(C(=O)C2(C#N)CCC2)CC(CO)O1. The molecule has 100 valence electrons. The van der Waals surface area contributed by atoms with Crippen LogP contribution in [0.5, 0.6) is 0 Å². The molecule has 2 rings (SSSR count). The van der Waals surface area contributed by atoms with E-state index in [2.05, 4.69) is 6.07 Å². The van der Waals surface area contributed by atoms with Crippen LogP contribution in [-0.2, 0) is 9.53 Å². The van der Waals surface area contributed by atoms with E-state index in [1.54, 1.807) is 4.90 Å². The van der Waals surface area contributed by atoms with Crippen LogP contribution < -0.4 is 0 Å². The van der Waals surface area contributed by atoms with Crippen LogP contribution in [0.15, 0.2) is 0 Å². The quantitative estimate of drug-likeness (QED) is 0.784. The van der Waals surface area contributed by atoms with Gasteiger partial charge in [0.1, 0.15) is 5.41 Å². The number of rotatable bonds is 2. The van der Waals surface area contributed by atoms with Gasteiger partial charge in [-0.05, 0) is 33.1 Å². The monoisotopic (exact) mass is 252 g/mol. The highest BCUT2D eigenvalue weighted by Crippen LogP contribution is 2.42. The van der Waals surface area contributed by atoms with Gasteiger partial charge in [0.05, 0.1) is 24.4 Å². The van der Waals surface area contributed by atoms with Crippen molar-refractivity contribution in [2.45, 2.75) is 44.8 Å².